The summed E-state index contributed by atoms with van der Waals surface area (Å²) in [6.07, 6.45) is -7.09. The summed E-state index contributed by atoms with van der Waals surface area (Å²) >= 11 is 4.81. The van der Waals surface area contributed by atoms with Crippen LogP contribution in [0.3, 0.4) is 0 Å². The molecule has 26 heavy (non-hydrogen) atoms. The number of hydrogen-bond donors (Lipinski definition) is 2. The van der Waals surface area contributed by atoms with Crippen LogP contribution in [0, 0.1) is 0 Å². The lowest BCUT2D eigenvalue weighted by molar-refractivity contribution is -0.143. The van der Waals surface area contributed by atoms with Crippen LogP contribution in [0.1, 0.15) is 16.8 Å². The SMILES string of the molecule is FC(F)(F)c1cc(NC(=S)NN=Cc2ccccn2)cc(C(F)(F)F)c1. The summed E-state index contributed by atoms with van der Waals surface area (Å²) in [5, 5.41) is 5.65. The molecule has 0 aliphatic carbocycles. The predicted octanol–water partition coefficient (Wildman–Crippen LogP) is 4.44. The minimum absolute atomic E-state index is 0.0287. The predicted molar refractivity (Wildman–Crippen MR) is 87.6 cm³/mol. The number of nitrogens with zero attached hydrogens (tertiary/aromatic N) is 2. The van der Waals surface area contributed by atoms with Crippen LogP contribution in [0.2, 0.25) is 0 Å². The molecular weight excluding hydrogens is 382 g/mol. The highest BCUT2D eigenvalue weighted by Crippen LogP contribution is 2.37. The average molecular weight is 392 g/mol. The maximum absolute atomic E-state index is 12.8. The van der Waals surface area contributed by atoms with Crippen LogP contribution in [0.15, 0.2) is 47.7 Å². The fraction of sp³-hybridized carbons (Fsp3) is 0.133. The van der Waals surface area contributed by atoms with Crippen LogP contribution in [-0.2, 0) is 12.4 Å². The first-order valence-corrected chi connectivity index (χ1v) is 7.27. The lowest BCUT2D eigenvalue weighted by Gasteiger charge is -2.15. The molecule has 0 amide bonds. The quantitative estimate of drug-likeness (QED) is 0.351. The molecule has 11 heteroatoms. The van der Waals surface area contributed by atoms with E-state index in [9.17, 15) is 26.3 Å². The van der Waals surface area contributed by atoms with Crippen molar-refractivity contribution >= 4 is 29.2 Å². The number of thiocarbonyl (C=S) groups is 1. The van der Waals surface area contributed by atoms with E-state index in [1.165, 1.54) is 12.4 Å². The van der Waals surface area contributed by atoms with Gasteiger partial charge in [-0.3, -0.25) is 10.4 Å². The van der Waals surface area contributed by atoms with Gasteiger partial charge in [-0.05, 0) is 42.5 Å². The van der Waals surface area contributed by atoms with Crippen molar-refractivity contribution in [3.8, 4) is 0 Å². The van der Waals surface area contributed by atoms with Gasteiger partial charge in [-0.15, -0.1) is 0 Å². The molecule has 1 aromatic heterocycles. The number of pyridine rings is 1. The Labute approximate surface area is 148 Å². The second kappa shape index (κ2) is 7.68. The monoisotopic (exact) mass is 392 g/mol. The van der Waals surface area contributed by atoms with E-state index < -0.39 is 29.2 Å². The molecule has 1 aromatic carbocycles. The Morgan fingerprint density at radius 3 is 2.12 bits per heavy atom. The van der Waals surface area contributed by atoms with E-state index in [4.69, 9.17) is 12.2 Å². The largest absolute Gasteiger partial charge is 0.416 e. The van der Waals surface area contributed by atoms with Gasteiger partial charge >= 0.3 is 12.4 Å². The molecular formula is C15H10F6N4S. The summed E-state index contributed by atoms with van der Waals surface area (Å²) in [7, 11) is 0. The molecule has 0 aliphatic heterocycles. The Morgan fingerprint density at radius 2 is 1.62 bits per heavy atom. The number of hydrogen-bond acceptors (Lipinski definition) is 3. The number of nitrogens with one attached hydrogen (secondary N) is 2. The number of halogens is 6. The second-order valence-corrected chi connectivity index (χ2v) is 5.28. The summed E-state index contributed by atoms with van der Waals surface area (Å²) in [5.41, 5.74) is -0.617. The van der Waals surface area contributed by atoms with Crippen molar-refractivity contribution in [2.45, 2.75) is 12.4 Å². The van der Waals surface area contributed by atoms with E-state index in [1.54, 1.807) is 18.2 Å². The second-order valence-electron chi connectivity index (χ2n) is 4.87. The molecule has 1 heterocycles. The molecule has 4 nitrogen and oxygen atoms in total. The summed E-state index contributed by atoms with van der Waals surface area (Å²) in [4.78, 5) is 3.93. The molecule has 0 radical (unpaired) electrons. The van der Waals surface area contributed by atoms with E-state index in [0.717, 1.165) is 0 Å². The Bertz CT molecular complexity index is 770. The van der Waals surface area contributed by atoms with E-state index in [2.05, 4.69) is 20.8 Å². The van der Waals surface area contributed by atoms with E-state index >= 15 is 0 Å². The van der Waals surface area contributed by atoms with Crippen molar-refractivity contribution in [3.05, 3.63) is 59.4 Å². The Hall–Kier alpha value is -2.69. The third-order valence-electron chi connectivity index (χ3n) is 2.90. The lowest BCUT2D eigenvalue weighted by atomic mass is 10.1. The van der Waals surface area contributed by atoms with Crippen molar-refractivity contribution < 1.29 is 26.3 Å². The van der Waals surface area contributed by atoms with Gasteiger partial charge in [0.05, 0.1) is 23.0 Å². The number of benzene rings is 1. The Morgan fingerprint density at radius 1 is 1.00 bits per heavy atom. The van der Waals surface area contributed by atoms with Crippen LogP contribution >= 0.6 is 12.2 Å². The fourth-order valence-corrected chi connectivity index (χ4v) is 1.97. The normalized spacial score (nSPS) is 12.2. The number of aromatic nitrogens is 1. The maximum atomic E-state index is 12.8. The minimum atomic E-state index is -4.94. The van der Waals surface area contributed by atoms with Crippen molar-refractivity contribution in [2.75, 3.05) is 5.32 Å². The zero-order valence-corrected chi connectivity index (χ0v) is 13.5. The summed E-state index contributed by atoms with van der Waals surface area (Å²) in [5.74, 6) is 0. The zero-order valence-electron chi connectivity index (χ0n) is 12.7. The van der Waals surface area contributed by atoms with Crippen molar-refractivity contribution in [1.82, 2.24) is 10.4 Å². The molecule has 0 atom stereocenters. The molecule has 0 bridgehead atoms. The molecule has 0 unspecified atom stereocenters. The van der Waals surface area contributed by atoms with E-state index in [0.29, 0.717) is 17.8 Å². The molecule has 0 saturated carbocycles. The van der Waals surface area contributed by atoms with Gasteiger partial charge in [0.25, 0.3) is 0 Å². The third-order valence-corrected chi connectivity index (χ3v) is 3.09. The van der Waals surface area contributed by atoms with Crippen molar-refractivity contribution in [2.24, 2.45) is 5.10 Å². The van der Waals surface area contributed by atoms with Crippen LogP contribution < -0.4 is 10.7 Å². The molecule has 0 aliphatic rings. The van der Waals surface area contributed by atoms with Crippen LogP contribution in [0.25, 0.3) is 0 Å². The van der Waals surface area contributed by atoms with Gasteiger partial charge < -0.3 is 5.32 Å². The third kappa shape index (κ3) is 5.69. The van der Waals surface area contributed by atoms with Gasteiger partial charge in [-0.2, -0.15) is 31.4 Å². The highest BCUT2D eigenvalue weighted by molar-refractivity contribution is 7.80. The first-order chi connectivity index (χ1) is 12.1. The fourth-order valence-electron chi connectivity index (χ4n) is 1.80. The standard InChI is InChI=1S/C15H10F6N4S/c16-14(17,18)9-5-10(15(19,20)21)7-12(6-9)24-13(26)25-23-8-11-3-1-2-4-22-11/h1-8H,(H2,24,25,26). The Balaban J connectivity index is 2.14. The van der Waals surface area contributed by atoms with Crippen LogP contribution in [0.5, 0.6) is 0 Å². The number of alkyl halides is 6. The van der Waals surface area contributed by atoms with Crippen molar-refractivity contribution in [1.29, 1.82) is 0 Å². The minimum Gasteiger partial charge on any atom is -0.331 e. The molecule has 2 aromatic rings. The van der Waals surface area contributed by atoms with E-state index in [1.807, 2.05) is 0 Å². The molecule has 0 fully saturated rings. The first kappa shape index (κ1) is 19.6. The molecule has 138 valence electrons. The van der Waals surface area contributed by atoms with Gasteiger partial charge in [-0.25, -0.2) is 0 Å². The maximum Gasteiger partial charge on any atom is 0.416 e. The average Bonchev–Trinajstić information content (AvgIpc) is 2.54. The highest BCUT2D eigenvalue weighted by Gasteiger charge is 2.36. The number of rotatable bonds is 3. The van der Waals surface area contributed by atoms with E-state index in [-0.39, 0.29) is 11.2 Å². The Kier molecular flexibility index (Phi) is 5.80. The summed E-state index contributed by atoms with van der Waals surface area (Å²) in [6.45, 7) is 0. The first-order valence-electron chi connectivity index (χ1n) is 6.86. The van der Waals surface area contributed by atoms with Gasteiger partial charge in [0, 0.05) is 11.9 Å². The molecule has 0 spiro atoms. The number of hydrazone groups is 1. The molecule has 2 rings (SSSR count). The lowest BCUT2D eigenvalue weighted by Crippen LogP contribution is -2.24. The number of anilines is 1. The highest BCUT2D eigenvalue weighted by atomic mass is 32.1. The van der Waals surface area contributed by atoms with Gasteiger partial charge in [0.15, 0.2) is 5.11 Å². The smallest absolute Gasteiger partial charge is 0.331 e. The van der Waals surface area contributed by atoms with Crippen LogP contribution in [0.4, 0.5) is 32.0 Å². The zero-order chi connectivity index (χ0) is 19.4. The summed E-state index contributed by atoms with van der Waals surface area (Å²) in [6, 6.07) is 6.08. The summed E-state index contributed by atoms with van der Waals surface area (Å²) < 4.78 is 76.7. The van der Waals surface area contributed by atoms with Gasteiger partial charge in [0.1, 0.15) is 0 Å². The van der Waals surface area contributed by atoms with Gasteiger partial charge in [0.2, 0.25) is 0 Å². The van der Waals surface area contributed by atoms with Crippen molar-refractivity contribution in [3.63, 3.8) is 0 Å². The van der Waals surface area contributed by atoms with Gasteiger partial charge in [-0.1, -0.05) is 6.07 Å². The molecule has 2 N–H and O–H groups in total. The van der Waals surface area contributed by atoms with Crippen LogP contribution in [-0.4, -0.2) is 16.3 Å². The topological polar surface area (TPSA) is 49.3 Å². The molecule has 0 saturated heterocycles.